The van der Waals surface area contributed by atoms with Gasteiger partial charge in [0.1, 0.15) is 12.4 Å². The van der Waals surface area contributed by atoms with Gasteiger partial charge in [-0.25, -0.2) is 26.9 Å². The first kappa shape index (κ1) is 20.0. The van der Waals surface area contributed by atoms with E-state index in [1.54, 1.807) is 0 Å². The molecule has 2 aromatic rings. The third kappa shape index (κ3) is 5.36. The van der Waals surface area contributed by atoms with Crippen molar-refractivity contribution in [1.82, 2.24) is 9.71 Å². The fourth-order valence-corrected chi connectivity index (χ4v) is 3.10. The van der Waals surface area contributed by atoms with Crippen LogP contribution >= 0.6 is 0 Å². The minimum Gasteiger partial charge on any atom is -0.488 e. The summed E-state index contributed by atoms with van der Waals surface area (Å²) in [7, 11) is -4.52. The highest BCUT2D eigenvalue weighted by molar-refractivity contribution is 7.89. The van der Waals surface area contributed by atoms with Crippen LogP contribution in [0.2, 0.25) is 0 Å². The average Bonchev–Trinajstić information content (AvgIpc) is 2.58. The van der Waals surface area contributed by atoms with E-state index in [9.17, 15) is 30.4 Å². The first-order valence-electron chi connectivity index (χ1n) is 7.11. The molecule has 0 unspecified atom stereocenters. The number of alkyl halides is 5. The van der Waals surface area contributed by atoms with Gasteiger partial charge in [0.25, 0.3) is 16.4 Å². The van der Waals surface area contributed by atoms with Crippen molar-refractivity contribution in [2.24, 2.45) is 0 Å². The van der Waals surface area contributed by atoms with Crippen LogP contribution < -0.4 is 9.46 Å². The molecule has 11 heteroatoms. The zero-order valence-electron chi connectivity index (χ0n) is 13.0. The van der Waals surface area contributed by atoms with Crippen LogP contribution in [0, 0.1) is 0 Å². The summed E-state index contributed by atoms with van der Waals surface area (Å²) in [5.74, 6) is 0.154. The Balaban J connectivity index is 2.09. The summed E-state index contributed by atoms with van der Waals surface area (Å²) in [6.45, 7) is -1.10. The van der Waals surface area contributed by atoms with E-state index in [1.807, 2.05) is 4.72 Å². The van der Waals surface area contributed by atoms with Crippen molar-refractivity contribution in [2.75, 3.05) is 6.61 Å². The van der Waals surface area contributed by atoms with Crippen LogP contribution in [0.15, 0.2) is 47.6 Å². The number of pyridine rings is 1. The fourth-order valence-electron chi connectivity index (χ4n) is 1.93. The van der Waals surface area contributed by atoms with E-state index in [4.69, 9.17) is 4.74 Å². The van der Waals surface area contributed by atoms with Gasteiger partial charge in [0.15, 0.2) is 5.03 Å². The van der Waals surface area contributed by atoms with Gasteiger partial charge < -0.3 is 4.74 Å². The standard InChI is InChI=1S/C15H13F5N2O3S/c16-13(17)9-25-11-5-3-10(4-6-11)8-22-26(23,24)14-12(15(18,19)20)2-1-7-21-14/h1-7,13,22H,8-9H2. The van der Waals surface area contributed by atoms with Gasteiger partial charge in [0.05, 0.1) is 5.56 Å². The van der Waals surface area contributed by atoms with Gasteiger partial charge in [0, 0.05) is 12.7 Å². The number of rotatable bonds is 7. The lowest BCUT2D eigenvalue weighted by Gasteiger charge is -2.13. The predicted molar refractivity (Wildman–Crippen MR) is 81.2 cm³/mol. The summed E-state index contributed by atoms with van der Waals surface area (Å²) >= 11 is 0. The molecule has 0 saturated heterocycles. The number of hydrogen-bond donors (Lipinski definition) is 1. The van der Waals surface area contributed by atoms with E-state index < -0.39 is 39.8 Å². The van der Waals surface area contributed by atoms with Crippen molar-refractivity contribution in [3.8, 4) is 5.75 Å². The zero-order chi connectivity index (χ0) is 19.4. The molecule has 1 N–H and O–H groups in total. The Morgan fingerprint density at radius 1 is 1.12 bits per heavy atom. The molecule has 0 bridgehead atoms. The molecule has 0 aliphatic heterocycles. The quantitative estimate of drug-likeness (QED) is 0.730. The largest absolute Gasteiger partial charge is 0.488 e. The first-order valence-corrected chi connectivity index (χ1v) is 8.59. The number of nitrogens with zero attached hydrogens (tertiary/aromatic N) is 1. The van der Waals surface area contributed by atoms with Crippen molar-refractivity contribution in [1.29, 1.82) is 0 Å². The van der Waals surface area contributed by atoms with E-state index in [2.05, 4.69) is 4.98 Å². The van der Waals surface area contributed by atoms with Crippen LogP contribution in [0.3, 0.4) is 0 Å². The molecule has 0 aliphatic rings. The van der Waals surface area contributed by atoms with E-state index in [0.717, 1.165) is 12.3 Å². The number of hydrogen-bond acceptors (Lipinski definition) is 4. The molecule has 1 heterocycles. The number of benzene rings is 1. The van der Waals surface area contributed by atoms with Crippen LogP contribution in [0.1, 0.15) is 11.1 Å². The molecule has 1 aromatic heterocycles. The summed E-state index contributed by atoms with van der Waals surface area (Å²) in [5.41, 5.74) is -0.981. The molecule has 0 spiro atoms. The number of sulfonamides is 1. The highest BCUT2D eigenvalue weighted by Crippen LogP contribution is 2.32. The van der Waals surface area contributed by atoms with Crippen molar-refractivity contribution in [3.63, 3.8) is 0 Å². The normalized spacial score (nSPS) is 12.4. The monoisotopic (exact) mass is 396 g/mol. The Morgan fingerprint density at radius 3 is 2.35 bits per heavy atom. The first-order chi connectivity index (χ1) is 12.1. The number of nitrogens with one attached hydrogen (secondary N) is 1. The van der Waals surface area contributed by atoms with Gasteiger partial charge in [-0.05, 0) is 29.8 Å². The minimum absolute atomic E-state index is 0.154. The summed E-state index contributed by atoms with van der Waals surface area (Å²) in [6.07, 6.45) is -6.57. The second-order valence-electron chi connectivity index (χ2n) is 5.02. The van der Waals surface area contributed by atoms with Gasteiger partial charge in [-0.15, -0.1) is 0 Å². The molecule has 0 aliphatic carbocycles. The highest BCUT2D eigenvalue weighted by Gasteiger charge is 2.37. The summed E-state index contributed by atoms with van der Waals surface area (Å²) in [4.78, 5) is 3.32. The lowest BCUT2D eigenvalue weighted by Crippen LogP contribution is -2.27. The molecule has 2 rings (SSSR count). The third-order valence-corrected chi connectivity index (χ3v) is 4.46. The highest BCUT2D eigenvalue weighted by atomic mass is 32.2. The Labute approximate surface area is 145 Å². The molecule has 5 nitrogen and oxygen atoms in total. The lowest BCUT2D eigenvalue weighted by atomic mass is 10.2. The maximum atomic E-state index is 12.9. The summed E-state index contributed by atoms with van der Waals surface area (Å²) < 4.78 is 93.9. The van der Waals surface area contributed by atoms with Crippen LogP contribution in [0.4, 0.5) is 22.0 Å². The SMILES string of the molecule is O=S(=O)(NCc1ccc(OCC(F)F)cc1)c1ncccc1C(F)(F)F. The molecular weight excluding hydrogens is 383 g/mol. The molecule has 142 valence electrons. The van der Waals surface area contributed by atoms with Gasteiger partial charge in [-0.3, -0.25) is 0 Å². The van der Waals surface area contributed by atoms with E-state index >= 15 is 0 Å². The van der Waals surface area contributed by atoms with Gasteiger partial charge >= 0.3 is 6.18 Å². The van der Waals surface area contributed by atoms with Crippen molar-refractivity contribution >= 4 is 10.0 Å². The van der Waals surface area contributed by atoms with Gasteiger partial charge in [-0.2, -0.15) is 13.2 Å². The van der Waals surface area contributed by atoms with Gasteiger partial charge in [0.2, 0.25) is 0 Å². The Hall–Kier alpha value is -2.27. The number of aromatic nitrogens is 1. The smallest absolute Gasteiger partial charge is 0.419 e. The predicted octanol–water partition coefficient (Wildman–Crippen LogP) is 3.22. The van der Waals surface area contributed by atoms with Crippen molar-refractivity contribution in [2.45, 2.75) is 24.2 Å². The Kier molecular flexibility index (Phi) is 6.13. The van der Waals surface area contributed by atoms with E-state index in [1.165, 1.54) is 24.3 Å². The van der Waals surface area contributed by atoms with Crippen LogP contribution in [-0.4, -0.2) is 26.4 Å². The Morgan fingerprint density at radius 2 is 1.77 bits per heavy atom. The summed E-state index contributed by atoms with van der Waals surface area (Å²) in [6, 6.07) is 7.08. The molecule has 0 radical (unpaired) electrons. The second kappa shape index (κ2) is 7.96. The lowest BCUT2D eigenvalue weighted by molar-refractivity contribution is -0.140. The third-order valence-electron chi connectivity index (χ3n) is 3.10. The van der Waals surface area contributed by atoms with E-state index in [0.29, 0.717) is 11.6 Å². The second-order valence-corrected chi connectivity index (χ2v) is 6.71. The molecular formula is C15H13F5N2O3S. The van der Waals surface area contributed by atoms with Crippen LogP contribution in [-0.2, 0) is 22.7 Å². The Bertz CT molecular complexity index is 839. The zero-order valence-corrected chi connectivity index (χ0v) is 13.8. The van der Waals surface area contributed by atoms with Crippen molar-refractivity contribution in [3.05, 3.63) is 53.7 Å². The maximum Gasteiger partial charge on any atom is 0.419 e. The number of halogens is 5. The molecule has 0 fully saturated rings. The summed E-state index contributed by atoms with van der Waals surface area (Å²) in [5, 5.41) is -1.12. The molecule has 26 heavy (non-hydrogen) atoms. The number of ether oxygens (including phenoxy) is 1. The van der Waals surface area contributed by atoms with Crippen LogP contribution in [0.5, 0.6) is 5.75 Å². The average molecular weight is 396 g/mol. The van der Waals surface area contributed by atoms with E-state index in [-0.39, 0.29) is 12.3 Å². The molecule has 0 amide bonds. The fraction of sp³-hybridized carbons (Fsp3) is 0.267. The minimum atomic E-state index is -4.87. The van der Waals surface area contributed by atoms with Crippen LogP contribution in [0.25, 0.3) is 0 Å². The van der Waals surface area contributed by atoms with Crippen molar-refractivity contribution < 1.29 is 35.1 Å². The maximum absolute atomic E-state index is 12.9. The molecule has 0 atom stereocenters. The topological polar surface area (TPSA) is 68.3 Å². The van der Waals surface area contributed by atoms with Gasteiger partial charge in [-0.1, -0.05) is 12.1 Å². The molecule has 1 aromatic carbocycles. The molecule has 0 saturated carbocycles.